The van der Waals surface area contributed by atoms with Crippen LogP contribution in [-0.2, 0) is 6.61 Å². The average Bonchev–Trinajstić information content (AvgIpc) is 3.48. The number of aromatic nitrogens is 3. The summed E-state index contributed by atoms with van der Waals surface area (Å²) in [7, 11) is 4.25. The molecule has 9 nitrogen and oxygen atoms in total. The number of ether oxygens (including phenoxy) is 1. The molecule has 1 saturated carbocycles. The zero-order valence-electron chi connectivity index (χ0n) is 19.2. The van der Waals surface area contributed by atoms with Gasteiger partial charge < -0.3 is 29.6 Å². The highest BCUT2D eigenvalue weighted by molar-refractivity contribution is 5.63. The second kappa shape index (κ2) is 9.66. The van der Waals surface area contributed by atoms with Crippen LogP contribution < -0.4 is 20.3 Å². The molecule has 1 aromatic carbocycles. The summed E-state index contributed by atoms with van der Waals surface area (Å²) in [6.07, 6.45) is 7.82. The van der Waals surface area contributed by atoms with E-state index in [0.717, 1.165) is 55.8 Å². The molecule has 2 aromatic heterocycles. The van der Waals surface area contributed by atoms with Crippen molar-refractivity contribution < 1.29 is 9.15 Å². The van der Waals surface area contributed by atoms with Crippen LogP contribution >= 0.6 is 0 Å². The van der Waals surface area contributed by atoms with E-state index in [2.05, 4.69) is 39.5 Å². The van der Waals surface area contributed by atoms with Gasteiger partial charge in [-0.05, 0) is 64.0 Å². The van der Waals surface area contributed by atoms with Crippen LogP contribution in [0.1, 0.15) is 31.2 Å². The van der Waals surface area contributed by atoms with Gasteiger partial charge in [0.1, 0.15) is 12.4 Å². The fraction of sp³-hybridized carbons (Fsp3) is 0.458. The summed E-state index contributed by atoms with van der Waals surface area (Å²) in [4.78, 5) is 18.7. The van der Waals surface area contributed by atoms with E-state index in [-0.39, 0.29) is 0 Å². The van der Waals surface area contributed by atoms with E-state index in [4.69, 9.17) is 19.1 Å². The minimum Gasteiger partial charge on any atom is -0.487 e. The number of rotatable bonds is 9. The Kier molecular flexibility index (Phi) is 6.30. The standard InChI is InChI=1S/C24H31N7O2/c1-30-12-9-19(10-13-30)31(2)24-28-22(25-18-7-8-18)27-23(29-24)26-20-5-3-4-6-21(20)33-16-17-11-14-32-15-17/h3-6,11,14-15,18-19H,7-10,12-13,16H2,1-2H3,(H2,25,26,27,28,29). The van der Waals surface area contributed by atoms with Gasteiger partial charge >= 0.3 is 0 Å². The maximum Gasteiger partial charge on any atom is 0.233 e. The summed E-state index contributed by atoms with van der Waals surface area (Å²) < 4.78 is 11.2. The second-order valence-electron chi connectivity index (χ2n) is 8.89. The van der Waals surface area contributed by atoms with Gasteiger partial charge in [-0.2, -0.15) is 15.0 Å². The van der Waals surface area contributed by atoms with Gasteiger partial charge in [0.25, 0.3) is 0 Å². The SMILES string of the molecule is CN1CCC(N(C)c2nc(Nc3ccccc3OCc3ccoc3)nc(NC3CC3)n2)CC1. The molecule has 174 valence electrons. The van der Waals surface area contributed by atoms with E-state index in [9.17, 15) is 0 Å². The van der Waals surface area contributed by atoms with Gasteiger partial charge in [-0.3, -0.25) is 0 Å². The minimum atomic E-state index is 0.413. The summed E-state index contributed by atoms with van der Waals surface area (Å²) >= 11 is 0. The number of piperidine rings is 1. The third-order valence-corrected chi connectivity index (χ3v) is 6.19. The Bertz CT molecular complexity index is 1050. The number of para-hydroxylation sites is 2. The van der Waals surface area contributed by atoms with Crippen LogP contribution in [0.3, 0.4) is 0 Å². The van der Waals surface area contributed by atoms with Gasteiger partial charge in [-0.25, -0.2) is 0 Å². The van der Waals surface area contributed by atoms with Crippen molar-refractivity contribution in [3.05, 3.63) is 48.4 Å². The number of likely N-dealkylation sites (tertiary alicyclic amines) is 1. The van der Waals surface area contributed by atoms with Gasteiger partial charge in [-0.1, -0.05) is 12.1 Å². The van der Waals surface area contributed by atoms with Gasteiger partial charge in [-0.15, -0.1) is 0 Å². The van der Waals surface area contributed by atoms with E-state index in [1.165, 1.54) is 0 Å². The molecule has 0 radical (unpaired) electrons. The zero-order valence-corrected chi connectivity index (χ0v) is 19.2. The first-order chi connectivity index (χ1) is 16.1. The predicted octanol–water partition coefficient (Wildman–Crippen LogP) is 3.89. The first kappa shape index (κ1) is 21.5. The molecule has 0 amide bonds. The molecule has 1 aliphatic carbocycles. The zero-order chi connectivity index (χ0) is 22.6. The molecular formula is C24H31N7O2. The molecule has 9 heteroatoms. The van der Waals surface area contributed by atoms with Crippen LogP contribution in [0, 0.1) is 0 Å². The maximum absolute atomic E-state index is 6.02. The Morgan fingerprint density at radius 2 is 1.85 bits per heavy atom. The van der Waals surface area contributed by atoms with Gasteiger partial charge in [0.2, 0.25) is 17.8 Å². The maximum atomic E-state index is 6.02. The molecule has 0 unspecified atom stereocenters. The Hall–Kier alpha value is -3.33. The number of furan rings is 1. The number of anilines is 4. The van der Waals surface area contributed by atoms with Crippen molar-refractivity contribution in [3.8, 4) is 5.75 Å². The molecule has 2 N–H and O–H groups in total. The van der Waals surface area contributed by atoms with E-state index in [0.29, 0.717) is 36.5 Å². The summed E-state index contributed by atoms with van der Waals surface area (Å²) in [5.74, 6) is 2.52. The van der Waals surface area contributed by atoms with E-state index >= 15 is 0 Å². The van der Waals surface area contributed by atoms with E-state index in [1.807, 2.05) is 30.3 Å². The molecule has 33 heavy (non-hydrogen) atoms. The number of hydrogen-bond acceptors (Lipinski definition) is 9. The van der Waals surface area contributed by atoms with Crippen molar-refractivity contribution in [2.45, 2.75) is 44.4 Å². The van der Waals surface area contributed by atoms with Crippen LogP contribution in [0.15, 0.2) is 47.3 Å². The molecular weight excluding hydrogens is 418 g/mol. The number of benzene rings is 1. The normalized spacial score (nSPS) is 17.0. The lowest BCUT2D eigenvalue weighted by molar-refractivity contribution is 0.252. The van der Waals surface area contributed by atoms with Crippen LogP contribution in [0.4, 0.5) is 23.5 Å². The summed E-state index contributed by atoms with van der Waals surface area (Å²) in [5.41, 5.74) is 1.78. The lowest BCUT2D eigenvalue weighted by Crippen LogP contribution is -2.42. The summed E-state index contributed by atoms with van der Waals surface area (Å²) in [6, 6.07) is 10.6. The van der Waals surface area contributed by atoms with Crippen LogP contribution in [-0.4, -0.2) is 59.1 Å². The van der Waals surface area contributed by atoms with Crippen molar-refractivity contribution in [3.63, 3.8) is 0 Å². The Morgan fingerprint density at radius 3 is 2.61 bits per heavy atom. The van der Waals surface area contributed by atoms with Crippen LogP contribution in [0.5, 0.6) is 5.75 Å². The van der Waals surface area contributed by atoms with Gasteiger partial charge in [0.15, 0.2) is 0 Å². The molecule has 3 heterocycles. The summed E-state index contributed by atoms with van der Waals surface area (Å²) in [5, 5.41) is 6.78. The first-order valence-electron chi connectivity index (χ1n) is 11.6. The predicted molar refractivity (Wildman–Crippen MR) is 128 cm³/mol. The van der Waals surface area contributed by atoms with Crippen molar-refractivity contribution in [2.24, 2.45) is 0 Å². The second-order valence-corrected chi connectivity index (χ2v) is 8.89. The summed E-state index contributed by atoms with van der Waals surface area (Å²) in [6.45, 7) is 2.59. The molecule has 1 saturated heterocycles. The number of hydrogen-bond donors (Lipinski definition) is 2. The lowest BCUT2D eigenvalue weighted by Gasteiger charge is -2.35. The number of nitrogens with one attached hydrogen (secondary N) is 2. The average molecular weight is 450 g/mol. The smallest absolute Gasteiger partial charge is 0.233 e. The highest BCUT2D eigenvalue weighted by Gasteiger charge is 2.26. The Morgan fingerprint density at radius 1 is 1.06 bits per heavy atom. The molecule has 0 bridgehead atoms. The quantitative estimate of drug-likeness (QED) is 0.505. The topological polar surface area (TPSA) is 91.6 Å². The molecule has 0 atom stereocenters. The monoisotopic (exact) mass is 449 g/mol. The third-order valence-electron chi connectivity index (χ3n) is 6.19. The molecule has 2 fully saturated rings. The van der Waals surface area contributed by atoms with Gasteiger partial charge in [0, 0.05) is 24.7 Å². The largest absolute Gasteiger partial charge is 0.487 e. The molecule has 0 spiro atoms. The van der Waals surface area contributed by atoms with E-state index in [1.54, 1.807) is 12.5 Å². The molecule has 3 aromatic rings. The van der Waals surface area contributed by atoms with Gasteiger partial charge in [0.05, 0.1) is 18.2 Å². The molecule has 2 aliphatic rings. The van der Waals surface area contributed by atoms with Crippen molar-refractivity contribution in [1.82, 2.24) is 19.9 Å². The molecule has 1 aliphatic heterocycles. The minimum absolute atomic E-state index is 0.413. The van der Waals surface area contributed by atoms with Crippen molar-refractivity contribution >= 4 is 23.5 Å². The number of nitrogens with zero attached hydrogens (tertiary/aromatic N) is 5. The first-order valence-corrected chi connectivity index (χ1v) is 11.6. The Balaban J connectivity index is 1.36. The van der Waals surface area contributed by atoms with Crippen LogP contribution in [0.25, 0.3) is 0 Å². The van der Waals surface area contributed by atoms with Crippen molar-refractivity contribution in [1.29, 1.82) is 0 Å². The Labute approximate surface area is 194 Å². The van der Waals surface area contributed by atoms with E-state index < -0.39 is 0 Å². The van der Waals surface area contributed by atoms with Crippen molar-refractivity contribution in [2.75, 3.05) is 42.7 Å². The highest BCUT2D eigenvalue weighted by atomic mass is 16.5. The fourth-order valence-electron chi connectivity index (χ4n) is 3.95. The van der Waals surface area contributed by atoms with Crippen LogP contribution in [0.2, 0.25) is 0 Å². The fourth-order valence-corrected chi connectivity index (χ4v) is 3.95. The highest BCUT2D eigenvalue weighted by Crippen LogP contribution is 2.30. The lowest BCUT2D eigenvalue weighted by atomic mass is 10.0. The third kappa shape index (κ3) is 5.54. The molecule has 5 rings (SSSR count).